The average molecular weight is 280 g/mol. The molecule has 0 radical (unpaired) electrons. The molecule has 1 unspecified atom stereocenters. The minimum atomic E-state index is 0.429. The van der Waals surface area contributed by atoms with E-state index in [1.54, 1.807) is 7.11 Å². The minimum Gasteiger partial charge on any atom is -0.494 e. The molecule has 1 aromatic heterocycles. The molecule has 102 valence electrons. The Kier molecular flexibility index (Phi) is 3.37. The SMILES string of the molecule is COc1cccc2c1nc(CCl)n2C1CCN(C)C1. The number of fused-ring (bicyclic) bond motifs is 1. The number of likely N-dealkylation sites (N-methyl/N-ethyl adjacent to an activating group) is 1. The summed E-state index contributed by atoms with van der Waals surface area (Å²) in [6.45, 7) is 2.17. The zero-order chi connectivity index (χ0) is 13.4. The highest BCUT2D eigenvalue weighted by Gasteiger charge is 2.25. The molecule has 1 fully saturated rings. The quantitative estimate of drug-likeness (QED) is 0.809. The van der Waals surface area contributed by atoms with Gasteiger partial charge < -0.3 is 14.2 Å². The number of likely N-dealkylation sites (tertiary alicyclic amines) is 1. The van der Waals surface area contributed by atoms with Crippen LogP contribution in [0.15, 0.2) is 18.2 Å². The van der Waals surface area contributed by atoms with Gasteiger partial charge in [0.15, 0.2) is 0 Å². The maximum atomic E-state index is 6.08. The van der Waals surface area contributed by atoms with Crippen molar-refractivity contribution in [3.8, 4) is 5.75 Å². The van der Waals surface area contributed by atoms with E-state index in [4.69, 9.17) is 16.3 Å². The molecule has 0 spiro atoms. The van der Waals surface area contributed by atoms with E-state index in [0.717, 1.165) is 42.1 Å². The molecule has 5 heteroatoms. The van der Waals surface area contributed by atoms with Crippen LogP contribution in [0.25, 0.3) is 11.0 Å². The monoisotopic (exact) mass is 279 g/mol. The molecular weight excluding hydrogens is 262 g/mol. The van der Waals surface area contributed by atoms with E-state index in [-0.39, 0.29) is 0 Å². The van der Waals surface area contributed by atoms with E-state index in [1.165, 1.54) is 0 Å². The van der Waals surface area contributed by atoms with Crippen LogP contribution in [-0.4, -0.2) is 41.7 Å². The van der Waals surface area contributed by atoms with E-state index >= 15 is 0 Å². The van der Waals surface area contributed by atoms with Gasteiger partial charge in [0.05, 0.1) is 18.5 Å². The van der Waals surface area contributed by atoms with Crippen molar-refractivity contribution in [2.24, 2.45) is 0 Å². The highest BCUT2D eigenvalue weighted by molar-refractivity contribution is 6.16. The number of benzene rings is 1. The molecule has 19 heavy (non-hydrogen) atoms. The first-order valence-electron chi connectivity index (χ1n) is 6.53. The van der Waals surface area contributed by atoms with Crippen LogP contribution >= 0.6 is 11.6 Å². The van der Waals surface area contributed by atoms with Crippen molar-refractivity contribution in [2.75, 3.05) is 27.2 Å². The third-order valence-corrected chi connectivity index (χ3v) is 4.07. The van der Waals surface area contributed by atoms with Crippen molar-refractivity contribution in [1.29, 1.82) is 0 Å². The molecule has 3 rings (SSSR count). The van der Waals surface area contributed by atoms with Gasteiger partial charge in [-0.05, 0) is 32.1 Å². The van der Waals surface area contributed by atoms with Gasteiger partial charge in [0, 0.05) is 12.6 Å². The summed E-state index contributed by atoms with van der Waals surface area (Å²) < 4.78 is 7.68. The molecule has 0 amide bonds. The lowest BCUT2D eigenvalue weighted by atomic mass is 10.2. The molecule has 1 atom stereocenters. The lowest BCUT2D eigenvalue weighted by Gasteiger charge is -2.16. The Bertz CT molecular complexity index is 596. The predicted octanol–water partition coefficient (Wildman–Crippen LogP) is 2.66. The number of para-hydroxylation sites is 1. The number of aromatic nitrogens is 2. The number of ether oxygens (including phenoxy) is 1. The van der Waals surface area contributed by atoms with E-state index in [0.29, 0.717) is 11.9 Å². The van der Waals surface area contributed by atoms with E-state index in [1.807, 2.05) is 12.1 Å². The van der Waals surface area contributed by atoms with Gasteiger partial charge in [-0.15, -0.1) is 11.6 Å². The Hall–Kier alpha value is -1.26. The van der Waals surface area contributed by atoms with Gasteiger partial charge >= 0.3 is 0 Å². The number of hydrogen-bond acceptors (Lipinski definition) is 3. The second-order valence-electron chi connectivity index (χ2n) is 5.06. The van der Waals surface area contributed by atoms with Crippen LogP contribution in [0.4, 0.5) is 0 Å². The number of hydrogen-bond donors (Lipinski definition) is 0. The highest BCUT2D eigenvalue weighted by Crippen LogP contribution is 2.32. The van der Waals surface area contributed by atoms with Gasteiger partial charge in [0.1, 0.15) is 17.1 Å². The fourth-order valence-electron chi connectivity index (χ4n) is 2.93. The van der Waals surface area contributed by atoms with E-state index in [2.05, 4.69) is 27.6 Å². The lowest BCUT2D eigenvalue weighted by molar-refractivity contribution is 0.393. The Morgan fingerprint density at radius 1 is 1.47 bits per heavy atom. The number of methoxy groups -OCH3 is 1. The summed E-state index contributed by atoms with van der Waals surface area (Å²) >= 11 is 6.08. The van der Waals surface area contributed by atoms with Crippen LogP contribution in [0, 0.1) is 0 Å². The van der Waals surface area contributed by atoms with E-state index in [9.17, 15) is 0 Å². The van der Waals surface area contributed by atoms with Crippen molar-refractivity contribution >= 4 is 22.6 Å². The summed E-state index contributed by atoms with van der Waals surface area (Å²) in [6, 6.07) is 6.50. The normalized spacial score (nSPS) is 20.3. The summed E-state index contributed by atoms with van der Waals surface area (Å²) in [5.41, 5.74) is 2.03. The molecule has 1 aliphatic rings. The van der Waals surface area contributed by atoms with E-state index < -0.39 is 0 Å². The smallest absolute Gasteiger partial charge is 0.146 e. The molecule has 2 aromatic rings. The molecule has 0 saturated carbocycles. The van der Waals surface area contributed by atoms with Crippen LogP contribution in [0.2, 0.25) is 0 Å². The van der Waals surface area contributed by atoms with Crippen molar-refractivity contribution in [3.63, 3.8) is 0 Å². The first-order valence-corrected chi connectivity index (χ1v) is 7.06. The second-order valence-corrected chi connectivity index (χ2v) is 5.33. The molecule has 0 bridgehead atoms. The van der Waals surface area contributed by atoms with Crippen molar-refractivity contribution < 1.29 is 4.74 Å². The molecule has 0 aliphatic carbocycles. The Morgan fingerprint density at radius 2 is 2.32 bits per heavy atom. The molecule has 1 saturated heterocycles. The van der Waals surface area contributed by atoms with Gasteiger partial charge in [0.25, 0.3) is 0 Å². The number of rotatable bonds is 3. The first kappa shape index (κ1) is 12.8. The van der Waals surface area contributed by atoms with Gasteiger partial charge in [-0.3, -0.25) is 0 Å². The second kappa shape index (κ2) is 5.02. The van der Waals surface area contributed by atoms with Crippen molar-refractivity contribution in [3.05, 3.63) is 24.0 Å². The zero-order valence-electron chi connectivity index (χ0n) is 11.3. The summed E-state index contributed by atoms with van der Waals surface area (Å²) in [7, 11) is 3.83. The largest absolute Gasteiger partial charge is 0.494 e. The Balaban J connectivity index is 2.16. The van der Waals surface area contributed by atoms with Crippen molar-refractivity contribution in [1.82, 2.24) is 14.5 Å². The molecule has 4 nitrogen and oxygen atoms in total. The summed E-state index contributed by atoms with van der Waals surface area (Å²) in [6.07, 6.45) is 1.14. The van der Waals surface area contributed by atoms with Gasteiger partial charge in [-0.2, -0.15) is 0 Å². The molecule has 2 heterocycles. The van der Waals surface area contributed by atoms with Gasteiger partial charge in [0.2, 0.25) is 0 Å². The lowest BCUT2D eigenvalue weighted by Crippen LogP contribution is -2.17. The number of imidazole rings is 1. The third-order valence-electron chi connectivity index (χ3n) is 3.83. The number of nitrogens with zero attached hydrogens (tertiary/aromatic N) is 3. The molecular formula is C14H18ClN3O. The standard InChI is InChI=1S/C14H18ClN3O/c1-17-7-6-10(9-17)18-11-4-3-5-12(19-2)14(11)16-13(18)8-15/h3-5,10H,6-9H2,1-2H3. The minimum absolute atomic E-state index is 0.429. The predicted molar refractivity (Wildman–Crippen MR) is 77.0 cm³/mol. The maximum absolute atomic E-state index is 6.08. The Morgan fingerprint density at radius 3 is 2.95 bits per heavy atom. The molecule has 1 aliphatic heterocycles. The fourth-order valence-corrected chi connectivity index (χ4v) is 3.12. The van der Waals surface area contributed by atoms with Crippen LogP contribution in [0.1, 0.15) is 18.3 Å². The van der Waals surface area contributed by atoms with Crippen LogP contribution in [0.3, 0.4) is 0 Å². The zero-order valence-corrected chi connectivity index (χ0v) is 12.0. The molecule has 0 N–H and O–H groups in total. The van der Waals surface area contributed by atoms with Gasteiger partial charge in [-0.25, -0.2) is 4.98 Å². The summed E-state index contributed by atoms with van der Waals surface area (Å²) in [5.74, 6) is 2.17. The summed E-state index contributed by atoms with van der Waals surface area (Å²) in [5, 5.41) is 0. The highest BCUT2D eigenvalue weighted by atomic mass is 35.5. The van der Waals surface area contributed by atoms with Crippen LogP contribution in [-0.2, 0) is 5.88 Å². The average Bonchev–Trinajstić information content (AvgIpc) is 3.00. The third kappa shape index (κ3) is 2.09. The molecule has 1 aromatic carbocycles. The first-order chi connectivity index (χ1) is 9.24. The maximum Gasteiger partial charge on any atom is 0.146 e. The fraction of sp³-hybridized carbons (Fsp3) is 0.500. The van der Waals surface area contributed by atoms with Gasteiger partial charge in [-0.1, -0.05) is 6.07 Å². The topological polar surface area (TPSA) is 30.3 Å². The number of alkyl halides is 1. The van der Waals surface area contributed by atoms with Crippen molar-refractivity contribution in [2.45, 2.75) is 18.3 Å². The summed E-state index contributed by atoms with van der Waals surface area (Å²) in [4.78, 5) is 7.00. The number of halogens is 1. The van der Waals surface area contributed by atoms with Crippen LogP contribution < -0.4 is 4.74 Å². The van der Waals surface area contributed by atoms with Crippen LogP contribution in [0.5, 0.6) is 5.75 Å². The Labute approximate surface area is 117 Å².